The van der Waals surface area contributed by atoms with Crippen molar-refractivity contribution in [1.82, 2.24) is 4.98 Å². The smallest absolute Gasteiger partial charge is 0.464 e. The number of nitrogens with zero attached hydrogens (tertiary/aromatic N) is 2. The second kappa shape index (κ2) is 11.4. The van der Waals surface area contributed by atoms with Gasteiger partial charge in [0.15, 0.2) is 16.6 Å². The first-order valence-corrected chi connectivity index (χ1v) is 13.6. The van der Waals surface area contributed by atoms with Gasteiger partial charge in [-0.2, -0.15) is 13.2 Å². The average Bonchev–Trinajstić information content (AvgIpc) is 3.07. The number of nitrogens with one attached hydrogen (secondary N) is 1. The lowest BCUT2D eigenvalue weighted by Gasteiger charge is -2.32. The van der Waals surface area contributed by atoms with Crippen LogP contribution in [0.2, 0.25) is 0 Å². The van der Waals surface area contributed by atoms with Crippen molar-refractivity contribution < 1.29 is 49.9 Å². The van der Waals surface area contributed by atoms with Crippen molar-refractivity contribution in [3.05, 3.63) is 71.4 Å². The summed E-state index contributed by atoms with van der Waals surface area (Å²) >= 11 is 0. The van der Waals surface area contributed by atoms with Crippen LogP contribution in [0.25, 0.3) is 0 Å². The van der Waals surface area contributed by atoms with Gasteiger partial charge in [-0.25, -0.2) is 14.0 Å². The highest BCUT2D eigenvalue weighted by atomic mass is 32.2. The Kier molecular flexibility index (Phi) is 8.47. The zero-order valence-corrected chi connectivity index (χ0v) is 23.2. The second-order valence-electron chi connectivity index (χ2n) is 9.51. The Bertz CT molecular complexity index is 1500. The lowest BCUT2D eigenvalue weighted by molar-refractivity contribution is -0.274. The molecule has 2 N–H and O–H groups in total. The molecular formula is C27H25F6N3O5S. The Labute approximate surface area is 238 Å². The van der Waals surface area contributed by atoms with E-state index < -0.39 is 52.5 Å². The molecule has 2 atom stereocenters. The van der Waals surface area contributed by atoms with E-state index in [2.05, 4.69) is 15.0 Å². The van der Waals surface area contributed by atoms with Gasteiger partial charge in [0.2, 0.25) is 0 Å². The molecule has 0 spiro atoms. The number of anilines is 3. The number of benzene rings is 2. The van der Waals surface area contributed by atoms with E-state index in [1.165, 1.54) is 28.6 Å². The van der Waals surface area contributed by atoms with Crippen LogP contribution in [0.15, 0.2) is 59.5 Å². The number of ether oxygens (including phenoxy) is 2. The summed E-state index contributed by atoms with van der Waals surface area (Å²) in [6, 6.07) is 10.3. The third kappa shape index (κ3) is 6.31. The van der Waals surface area contributed by atoms with Crippen LogP contribution in [0.3, 0.4) is 0 Å². The highest BCUT2D eigenvalue weighted by molar-refractivity contribution is 7.86. The van der Waals surface area contributed by atoms with Gasteiger partial charge in [0.05, 0.1) is 29.4 Å². The number of pyridine rings is 1. The van der Waals surface area contributed by atoms with E-state index in [0.29, 0.717) is 0 Å². The molecule has 0 fully saturated rings. The van der Waals surface area contributed by atoms with Crippen LogP contribution in [-0.2, 0) is 38.8 Å². The Hall–Kier alpha value is -3.85. The van der Waals surface area contributed by atoms with Crippen LogP contribution in [-0.4, -0.2) is 33.2 Å². The summed E-state index contributed by atoms with van der Waals surface area (Å²) in [5.41, 5.74) is -2.78. The van der Waals surface area contributed by atoms with Crippen LogP contribution in [0.5, 0.6) is 5.75 Å². The highest BCUT2D eigenvalue weighted by Crippen LogP contribution is 2.42. The molecule has 8 nitrogen and oxygen atoms in total. The second-order valence-corrected chi connectivity index (χ2v) is 10.9. The molecule has 0 saturated heterocycles. The highest BCUT2D eigenvalue weighted by Gasteiger charge is 2.44. The van der Waals surface area contributed by atoms with Gasteiger partial charge in [-0.1, -0.05) is 26.0 Å². The van der Waals surface area contributed by atoms with Crippen LogP contribution < -0.4 is 14.4 Å². The van der Waals surface area contributed by atoms with Gasteiger partial charge in [0.1, 0.15) is 17.3 Å². The molecule has 4 rings (SSSR count). The first-order valence-electron chi connectivity index (χ1n) is 12.5. The fourth-order valence-corrected chi connectivity index (χ4v) is 5.50. The fourth-order valence-electron chi connectivity index (χ4n) is 4.29. The Morgan fingerprint density at radius 2 is 1.74 bits per heavy atom. The Morgan fingerprint density at radius 3 is 2.31 bits per heavy atom. The third-order valence-electron chi connectivity index (χ3n) is 6.42. The maximum Gasteiger partial charge on any atom is 0.573 e. The first-order chi connectivity index (χ1) is 19.5. The molecule has 1 aliphatic heterocycles. The molecule has 0 bridgehead atoms. The largest absolute Gasteiger partial charge is 0.573 e. The number of aromatic nitrogens is 1. The number of esters is 1. The predicted octanol–water partition coefficient (Wildman–Crippen LogP) is 6.19. The zero-order chi connectivity index (χ0) is 31.0. The van der Waals surface area contributed by atoms with E-state index in [4.69, 9.17) is 4.74 Å². The molecule has 3 aromatic rings. The summed E-state index contributed by atoms with van der Waals surface area (Å²) in [4.78, 5) is 16.6. The normalized spacial score (nSPS) is 15.5. The molecule has 2 aromatic carbocycles. The van der Waals surface area contributed by atoms with Crippen molar-refractivity contribution >= 4 is 34.1 Å². The molecule has 0 amide bonds. The number of aliphatic hydroxyl groups is 1. The van der Waals surface area contributed by atoms with Gasteiger partial charge >= 0.3 is 18.5 Å². The number of rotatable bonds is 7. The lowest BCUT2D eigenvalue weighted by Crippen LogP contribution is -2.42. The number of carbonyl (C=O) groups excluding carboxylic acids is 1. The number of alkyl halides is 6. The number of carbonyl (C=O) groups is 1. The van der Waals surface area contributed by atoms with Crippen LogP contribution >= 0.6 is 0 Å². The Morgan fingerprint density at radius 1 is 1.07 bits per heavy atom. The molecule has 15 heteroatoms. The van der Waals surface area contributed by atoms with Crippen molar-refractivity contribution in [3.8, 4) is 5.75 Å². The van der Waals surface area contributed by atoms with Crippen molar-refractivity contribution in [2.24, 2.45) is 5.92 Å². The van der Waals surface area contributed by atoms with E-state index in [0.717, 1.165) is 30.3 Å². The van der Waals surface area contributed by atoms with Crippen LogP contribution in [0.1, 0.15) is 37.6 Å². The maximum absolute atomic E-state index is 13.9. The van der Waals surface area contributed by atoms with Gasteiger partial charge in [0, 0.05) is 5.56 Å². The van der Waals surface area contributed by atoms with E-state index in [1.54, 1.807) is 20.8 Å². The molecule has 0 radical (unpaired) electrons. The average molecular weight is 618 g/mol. The summed E-state index contributed by atoms with van der Waals surface area (Å²) in [6.45, 7) is 4.44. The van der Waals surface area contributed by atoms with Crippen molar-refractivity contribution in [2.45, 2.75) is 50.4 Å². The summed E-state index contributed by atoms with van der Waals surface area (Å²) in [5, 5.41) is 14.3. The van der Waals surface area contributed by atoms with Crippen molar-refractivity contribution in [2.75, 3.05) is 16.2 Å². The first kappa shape index (κ1) is 31.1. The third-order valence-corrected chi connectivity index (χ3v) is 7.83. The van der Waals surface area contributed by atoms with E-state index in [-0.39, 0.29) is 46.4 Å². The van der Waals surface area contributed by atoms with Gasteiger partial charge in [-0.05, 0) is 60.9 Å². The molecular weight excluding hydrogens is 592 g/mol. The number of halogens is 6. The predicted molar refractivity (Wildman–Crippen MR) is 140 cm³/mol. The molecule has 1 aliphatic rings. The summed E-state index contributed by atoms with van der Waals surface area (Å²) in [6.07, 6.45) is -9.68. The lowest BCUT2D eigenvalue weighted by atomic mass is 9.83. The molecule has 0 saturated carbocycles. The van der Waals surface area contributed by atoms with Crippen LogP contribution in [0.4, 0.5) is 43.5 Å². The summed E-state index contributed by atoms with van der Waals surface area (Å²) in [7, 11) is -2.15. The number of fused-ring (bicyclic) bond motifs is 2. The minimum absolute atomic E-state index is 0.0208. The molecule has 2 unspecified atom stereocenters. The van der Waals surface area contributed by atoms with Gasteiger partial charge < -0.3 is 19.9 Å². The molecule has 226 valence electrons. The molecule has 2 heterocycles. The van der Waals surface area contributed by atoms with Crippen molar-refractivity contribution in [1.29, 1.82) is 0 Å². The van der Waals surface area contributed by atoms with E-state index >= 15 is 0 Å². The van der Waals surface area contributed by atoms with Gasteiger partial charge in [0.25, 0.3) is 0 Å². The number of hydrogen-bond acceptors (Lipinski definition) is 7. The summed E-state index contributed by atoms with van der Waals surface area (Å²) in [5.74, 6) is -2.35. The Balaban J connectivity index is 1.85. The van der Waals surface area contributed by atoms with Gasteiger partial charge in [-0.3, -0.25) is 4.31 Å². The van der Waals surface area contributed by atoms with E-state index in [1.807, 2.05) is 0 Å². The topological polar surface area (TPSA) is 101 Å². The molecule has 0 aliphatic carbocycles. The fraction of sp³-hybridized carbons (Fsp3) is 0.333. The minimum Gasteiger partial charge on any atom is -0.464 e. The monoisotopic (exact) mass is 617 g/mol. The summed E-state index contributed by atoms with van der Waals surface area (Å²) < 4.78 is 102. The molecule has 1 aromatic heterocycles. The van der Waals surface area contributed by atoms with Gasteiger partial charge in [-0.15, -0.1) is 13.2 Å². The zero-order valence-electron chi connectivity index (χ0n) is 22.3. The number of hydrogen-bond donors (Lipinski definition) is 2. The SMILES string of the molecule is CCOC(=O)C(O)(c1ccc2c(c1)N(S(=O)c1ccc(OC(F)(F)F)cc1)Cc1ccc(C(F)(F)F)nc1N2)C(C)C. The van der Waals surface area contributed by atoms with E-state index in [9.17, 15) is 40.5 Å². The van der Waals surface area contributed by atoms with Crippen molar-refractivity contribution in [3.63, 3.8) is 0 Å². The van der Waals surface area contributed by atoms with Crippen LogP contribution in [0, 0.1) is 5.92 Å². The standard InChI is InChI=1S/C27H25F6N3O5S/c1-4-40-24(37)25(38,15(2)3)17-6-11-20-21(13-17)36(14-16-5-12-22(26(28,29)30)35-23(16)34-20)42(39)19-9-7-18(8-10-19)41-27(31,32)33/h5-13,15,38H,4,14H2,1-3H3,(H,34,35). The maximum atomic E-state index is 13.9. The molecule has 42 heavy (non-hydrogen) atoms. The quantitative estimate of drug-likeness (QED) is 0.241. The minimum atomic E-state index is -4.94.